The minimum atomic E-state index is 0.298. The van der Waals surface area contributed by atoms with E-state index in [1.165, 1.54) is 6.42 Å². The number of ether oxygens (including phenoxy) is 1. The molecule has 4 heteroatoms. The molecule has 0 bridgehead atoms. The number of pyridine rings is 1. The third kappa shape index (κ3) is 2.10. The van der Waals surface area contributed by atoms with Crippen LogP contribution in [-0.4, -0.2) is 36.6 Å². The molecular weight excluding hydrogens is 264 g/mol. The van der Waals surface area contributed by atoms with Crippen molar-refractivity contribution in [2.24, 2.45) is 0 Å². The monoisotopic (exact) mass is 282 g/mol. The summed E-state index contributed by atoms with van der Waals surface area (Å²) in [6, 6.07) is 10.3. The van der Waals surface area contributed by atoms with Gasteiger partial charge in [0.25, 0.3) is 0 Å². The number of nitrogens with zero attached hydrogens (tertiary/aromatic N) is 2. The number of hydrogen-bond acceptors (Lipinski definition) is 4. The van der Waals surface area contributed by atoms with Gasteiger partial charge in [-0.05, 0) is 31.4 Å². The van der Waals surface area contributed by atoms with E-state index in [0.29, 0.717) is 24.3 Å². The minimum Gasteiger partial charge on any atom is -0.374 e. The Morgan fingerprint density at radius 2 is 2.19 bits per heavy atom. The van der Waals surface area contributed by atoms with Crippen LogP contribution in [0.15, 0.2) is 30.3 Å². The van der Waals surface area contributed by atoms with Gasteiger partial charge in [0.15, 0.2) is 6.29 Å². The number of rotatable bonds is 2. The molecule has 1 saturated heterocycles. The van der Waals surface area contributed by atoms with Crippen molar-refractivity contribution < 1.29 is 9.53 Å². The van der Waals surface area contributed by atoms with Crippen LogP contribution < -0.4 is 4.90 Å². The molecule has 4 rings (SSSR count). The van der Waals surface area contributed by atoms with E-state index in [2.05, 4.69) is 4.90 Å². The molecule has 0 radical (unpaired) electrons. The zero-order chi connectivity index (χ0) is 14.2. The van der Waals surface area contributed by atoms with Gasteiger partial charge in [-0.3, -0.25) is 4.79 Å². The molecule has 1 aliphatic heterocycles. The van der Waals surface area contributed by atoms with Gasteiger partial charge >= 0.3 is 0 Å². The van der Waals surface area contributed by atoms with Crippen LogP contribution in [0.5, 0.6) is 0 Å². The second-order valence-corrected chi connectivity index (χ2v) is 5.81. The number of carbonyl (C=O) groups excluding carboxylic acids is 1. The zero-order valence-electron chi connectivity index (χ0n) is 11.9. The van der Waals surface area contributed by atoms with Gasteiger partial charge in [0.05, 0.1) is 29.8 Å². The summed E-state index contributed by atoms with van der Waals surface area (Å²) in [5.41, 5.74) is 1.63. The van der Waals surface area contributed by atoms with Gasteiger partial charge in [-0.2, -0.15) is 0 Å². The lowest BCUT2D eigenvalue weighted by atomic mass is 10.1. The molecule has 1 aromatic carbocycles. The first kappa shape index (κ1) is 12.8. The Labute approximate surface area is 123 Å². The molecule has 1 saturated carbocycles. The minimum absolute atomic E-state index is 0.298. The third-order valence-electron chi connectivity index (χ3n) is 4.61. The van der Waals surface area contributed by atoms with Crippen molar-refractivity contribution in [1.82, 2.24) is 4.98 Å². The first-order valence-corrected chi connectivity index (χ1v) is 7.60. The molecule has 108 valence electrons. The van der Waals surface area contributed by atoms with Crippen LogP contribution in [0.1, 0.15) is 29.6 Å². The number of carbonyl (C=O) groups is 1. The Kier molecular flexibility index (Phi) is 3.11. The number of fused-ring (bicyclic) bond motifs is 2. The topological polar surface area (TPSA) is 42.4 Å². The Hall–Kier alpha value is -1.94. The predicted molar refractivity (Wildman–Crippen MR) is 81.9 cm³/mol. The Balaban J connectivity index is 1.82. The highest BCUT2D eigenvalue weighted by molar-refractivity contribution is 5.91. The van der Waals surface area contributed by atoms with E-state index in [9.17, 15) is 4.79 Å². The van der Waals surface area contributed by atoms with E-state index in [0.717, 1.165) is 42.4 Å². The van der Waals surface area contributed by atoms with Crippen molar-refractivity contribution in [1.29, 1.82) is 0 Å². The van der Waals surface area contributed by atoms with Gasteiger partial charge in [-0.25, -0.2) is 4.98 Å². The molecule has 2 atom stereocenters. The van der Waals surface area contributed by atoms with Crippen molar-refractivity contribution in [3.8, 4) is 0 Å². The highest BCUT2D eigenvalue weighted by atomic mass is 16.5. The molecular formula is C17H18N2O2. The lowest BCUT2D eigenvalue weighted by Gasteiger charge is -2.39. The van der Waals surface area contributed by atoms with E-state index in [-0.39, 0.29) is 0 Å². The molecule has 2 aromatic rings. The highest BCUT2D eigenvalue weighted by Gasteiger charge is 2.37. The second-order valence-electron chi connectivity index (χ2n) is 5.81. The summed E-state index contributed by atoms with van der Waals surface area (Å²) in [6.07, 6.45) is 4.65. The van der Waals surface area contributed by atoms with Crippen LogP contribution in [0.2, 0.25) is 0 Å². The van der Waals surface area contributed by atoms with E-state index in [1.807, 2.05) is 30.3 Å². The smallest absolute Gasteiger partial charge is 0.153 e. The van der Waals surface area contributed by atoms with Crippen molar-refractivity contribution in [2.45, 2.75) is 31.4 Å². The van der Waals surface area contributed by atoms with Gasteiger partial charge in [0, 0.05) is 11.9 Å². The molecule has 2 unspecified atom stereocenters. The van der Waals surface area contributed by atoms with Gasteiger partial charge in [-0.1, -0.05) is 18.2 Å². The van der Waals surface area contributed by atoms with Gasteiger partial charge in [0.2, 0.25) is 0 Å². The average Bonchev–Trinajstić information content (AvgIpc) is 3.02. The fraction of sp³-hybridized carbons (Fsp3) is 0.412. The number of morpholine rings is 1. The molecule has 0 spiro atoms. The lowest BCUT2D eigenvalue weighted by molar-refractivity contribution is 0.0253. The molecule has 4 nitrogen and oxygen atoms in total. The van der Waals surface area contributed by atoms with Gasteiger partial charge in [-0.15, -0.1) is 0 Å². The number of aromatic nitrogens is 1. The quantitative estimate of drug-likeness (QED) is 0.794. The standard InChI is InChI=1S/C17H18N2O2/c20-11-13-10-12-4-1-2-5-14(12)18-17(13)19-8-9-21-16-7-3-6-15(16)19/h1-2,4-5,10-11,15-16H,3,6-9H2. The maximum absolute atomic E-state index is 11.5. The number of benzene rings is 1. The van der Waals surface area contributed by atoms with E-state index in [1.54, 1.807) is 0 Å². The number of aldehydes is 1. The van der Waals surface area contributed by atoms with Crippen LogP contribution in [0.25, 0.3) is 10.9 Å². The largest absolute Gasteiger partial charge is 0.374 e. The lowest BCUT2D eigenvalue weighted by Crippen LogP contribution is -2.49. The summed E-state index contributed by atoms with van der Waals surface area (Å²) in [7, 11) is 0. The summed E-state index contributed by atoms with van der Waals surface area (Å²) >= 11 is 0. The van der Waals surface area contributed by atoms with Crippen molar-refractivity contribution >= 4 is 23.0 Å². The second kappa shape index (κ2) is 5.11. The number of anilines is 1. The zero-order valence-corrected chi connectivity index (χ0v) is 11.9. The normalized spacial score (nSPS) is 25.0. The van der Waals surface area contributed by atoms with E-state index in [4.69, 9.17) is 9.72 Å². The number of para-hydroxylation sites is 1. The van der Waals surface area contributed by atoms with Crippen molar-refractivity contribution in [3.63, 3.8) is 0 Å². The molecule has 2 aliphatic rings. The molecule has 1 aliphatic carbocycles. The Morgan fingerprint density at radius 1 is 1.29 bits per heavy atom. The van der Waals surface area contributed by atoms with Crippen LogP contribution >= 0.6 is 0 Å². The molecule has 1 aromatic heterocycles. The summed E-state index contributed by atoms with van der Waals surface area (Å²) in [6.45, 7) is 1.53. The molecule has 2 fully saturated rings. The first-order valence-electron chi connectivity index (χ1n) is 7.60. The van der Waals surface area contributed by atoms with E-state index < -0.39 is 0 Å². The summed E-state index contributed by atoms with van der Waals surface area (Å²) in [5.74, 6) is 0.823. The van der Waals surface area contributed by atoms with Crippen LogP contribution in [0.4, 0.5) is 5.82 Å². The Morgan fingerprint density at radius 3 is 3.10 bits per heavy atom. The van der Waals surface area contributed by atoms with E-state index >= 15 is 0 Å². The highest BCUT2D eigenvalue weighted by Crippen LogP contribution is 2.34. The first-order chi connectivity index (χ1) is 10.4. The SMILES string of the molecule is O=Cc1cc2ccccc2nc1N1CCOC2CCCC21. The molecule has 2 heterocycles. The molecule has 0 amide bonds. The van der Waals surface area contributed by atoms with Crippen LogP contribution in [0, 0.1) is 0 Å². The van der Waals surface area contributed by atoms with Crippen molar-refractivity contribution in [2.75, 3.05) is 18.1 Å². The summed E-state index contributed by atoms with van der Waals surface area (Å²) < 4.78 is 5.86. The summed E-state index contributed by atoms with van der Waals surface area (Å²) in [4.78, 5) is 18.6. The average molecular weight is 282 g/mol. The maximum atomic E-state index is 11.5. The number of hydrogen-bond donors (Lipinski definition) is 0. The maximum Gasteiger partial charge on any atom is 0.153 e. The van der Waals surface area contributed by atoms with Crippen LogP contribution in [-0.2, 0) is 4.74 Å². The van der Waals surface area contributed by atoms with Gasteiger partial charge < -0.3 is 9.64 Å². The fourth-order valence-electron chi connectivity index (χ4n) is 3.63. The Bertz CT molecular complexity index is 686. The van der Waals surface area contributed by atoms with Crippen LogP contribution in [0.3, 0.4) is 0 Å². The fourth-order valence-corrected chi connectivity index (χ4v) is 3.63. The summed E-state index contributed by atoms with van der Waals surface area (Å²) in [5, 5.41) is 1.01. The van der Waals surface area contributed by atoms with Crippen molar-refractivity contribution in [3.05, 3.63) is 35.9 Å². The molecule has 0 N–H and O–H groups in total. The predicted octanol–water partition coefficient (Wildman–Crippen LogP) is 2.81. The molecule has 21 heavy (non-hydrogen) atoms. The third-order valence-corrected chi connectivity index (χ3v) is 4.61. The van der Waals surface area contributed by atoms with Gasteiger partial charge in [0.1, 0.15) is 5.82 Å².